The summed E-state index contributed by atoms with van der Waals surface area (Å²) in [4.78, 5) is 24.3. The van der Waals surface area contributed by atoms with Crippen LogP contribution in [0, 0.1) is 0 Å². The number of halogens is 2. The number of carbonyl (C=O) groups is 2. The first kappa shape index (κ1) is 18.4. The maximum absolute atomic E-state index is 12.3. The second kappa shape index (κ2) is 8.34. The summed E-state index contributed by atoms with van der Waals surface area (Å²) in [7, 11) is 0. The van der Waals surface area contributed by atoms with E-state index in [0.717, 1.165) is 11.3 Å². The van der Waals surface area contributed by atoms with Crippen molar-refractivity contribution in [3.05, 3.63) is 64.1 Å². The third-order valence-electron chi connectivity index (χ3n) is 3.97. The molecule has 1 aliphatic heterocycles. The average molecular weight is 390 g/mol. The highest BCUT2D eigenvalue weighted by molar-refractivity contribution is 6.42. The SMILES string of the molecule is O=C(CCC(=O)N1CCC(c2ccccc2)=N1)Nc1ccc(Cl)c(Cl)c1. The normalized spacial score (nSPS) is 13.5. The van der Waals surface area contributed by atoms with E-state index in [4.69, 9.17) is 23.2 Å². The number of nitrogens with one attached hydrogen (secondary N) is 1. The first-order chi connectivity index (χ1) is 12.5. The molecule has 0 unspecified atom stereocenters. The summed E-state index contributed by atoms with van der Waals surface area (Å²) in [6, 6.07) is 14.6. The van der Waals surface area contributed by atoms with E-state index in [0.29, 0.717) is 28.7 Å². The average Bonchev–Trinajstić information content (AvgIpc) is 3.14. The summed E-state index contributed by atoms with van der Waals surface area (Å²) < 4.78 is 0. The van der Waals surface area contributed by atoms with E-state index in [1.54, 1.807) is 18.2 Å². The van der Waals surface area contributed by atoms with E-state index >= 15 is 0 Å². The highest BCUT2D eigenvalue weighted by Gasteiger charge is 2.21. The van der Waals surface area contributed by atoms with Crippen LogP contribution in [0.5, 0.6) is 0 Å². The minimum Gasteiger partial charge on any atom is -0.326 e. The van der Waals surface area contributed by atoms with Crippen molar-refractivity contribution in [3.63, 3.8) is 0 Å². The van der Waals surface area contributed by atoms with Crippen LogP contribution in [0.1, 0.15) is 24.8 Å². The maximum atomic E-state index is 12.3. The Hall–Kier alpha value is -2.37. The number of nitrogens with zero attached hydrogens (tertiary/aromatic N) is 2. The molecule has 5 nitrogen and oxygen atoms in total. The lowest BCUT2D eigenvalue weighted by Gasteiger charge is -2.11. The number of hydrazone groups is 1. The molecule has 0 fully saturated rings. The van der Waals surface area contributed by atoms with Crippen LogP contribution in [-0.2, 0) is 9.59 Å². The van der Waals surface area contributed by atoms with E-state index in [2.05, 4.69) is 10.4 Å². The van der Waals surface area contributed by atoms with E-state index in [1.807, 2.05) is 30.3 Å². The van der Waals surface area contributed by atoms with Crippen molar-refractivity contribution < 1.29 is 9.59 Å². The predicted octanol–water partition coefficient (Wildman–Crippen LogP) is 4.35. The Morgan fingerprint density at radius 2 is 1.81 bits per heavy atom. The van der Waals surface area contributed by atoms with Crippen LogP contribution in [0.2, 0.25) is 10.0 Å². The first-order valence-corrected chi connectivity index (χ1v) is 8.96. The fourth-order valence-electron chi connectivity index (χ4n) is 2.62. The van der Waals surface area contributed by atoms with Crippen molar-refractivity contribution in [1.82, 2.24) is 5.01 Å². The fraction of sp³-hybridized carbons (Fsp3) is 0.211. The van der Waals surface area contributed by atoms with Gasteiger partial charge in [0.2, 0.25) is 11.8 Å². The molecule has 0 bridgehead atoms. The lowest BCUT2D eigenvalue weighted by molar-refractivity contribution is -0.132. The third-order valence-corrected chi connectivity index (χ3v) is 4.71. The summed E-state index contributed by atoms with van der Waals surface area (Å²) >= 11 is 11.8. The Morgan fingerprint density at radius 3 is 2.54 bits per heavy atom. The standard InChI is InChI=1S/C19H17Cl2N3O2/c20-15-7-6-14(12-16(15)21)22-18(25)8-9-19(26)24-11-10-17(23-24)13-4-2-1-3-5-13/h1-7,12H,8-11H2,(H,22,25). The summed E-state index contributed by atoms with van der Waals surface area (Å²) in [6.45, 7) is 0.539. The van der Waals surface area contributed by atoms with Crippen molar-refractivity contribution in [2.45, 2.75) is 19.3 Å². The topological polar surface area (TPSA) is 61.8 Å². The van der Waals surface area contributed by atoms with Crippen LogP contribution in [0.4, 0.5) is 5.69 Å². The smallest absolute Gasteiger partial charge is 0.243 e. The van der Waals surface area contributed by atoms with Crippen LogP contribution in [0.15, 0.2) is 53.6 Å². The number of amides is 2. The van der Waals surface area contributed by atoms with E-state index in [9.17, 15) is 9.59 Å². The Balaban J connectivity index is 1.51. The van der Waals surface area contributed by atoms with E-state index in [-0.39, 0.29) is 24.7 Å². The second-order valence-electron chi connectivity index (χ2n) is 5.86. The van der Waals surface area contributed by atoms with Gasteiger partial charge >= 0.3 is 0 Å². The molecular weight excluding hydrogens is 373 g/mol. The van der Waals surface area contributed by atoms with Gasteiger partial charge in [0.15, 0.2) is 0 Å². The molecule has 0 saturated carbocycles. The monoisotopic (exact) mass is 389 g/mol. The van der Waals surface area contributed by atoms with Crippen molar-refractivity contribution >= 4 is 46.4 Å². The van der Waals surface area contributed by atoms with Gasteiger partial charge < -0.3 is 5.32 Å². The van der Waals surface area contributed by atoms with Gasteiger partial charge in [-0.1, -0.05) is 53.5 Å². The van der Waals surface area contributed by atoms with Crippen LogP contribution < -0.4 is 5.32 Å². The van der Waals surface area contributed by atoms with Gasteiger partial charge in [0, 0.05) is 24.9 Å². The number of benzene rings is 2. The number of carbonyl (C=O) groups excluding carboxylic acids is 2. The fourth-order valence-corrected chi connectivity index (χ4v) is 2.92. The molecule has 1 heterocycles. The minimum atomic E-state index is -0.261. The maximum Gasteiger partial charge on any atom is 0.243 e. The molecule has 134 valence electrons. The van der Waals surface area contributed by atoms with Crippen LogP contribution in [0.3, 0.4) is 0 Å². The van der Waals surface area contributed by atoms with Gasteiger partial charge in [-0.3, -0.25) is 9.59 Å². The molecule has 26 heavy (non-hydrogen) atoms. The van der Waals surface area contributed by atoms with Crippen LogP contribution >= 0.6 is 23.2 Å². The minimum absolute atomic E-state index is 0.0752. The summed E-state index contributed by atoms with van der Waals surface area (Å²) in [6.07, 6.45) is 0.885. The van der Waals surface area contributed by atoms with Crippen molar-refractivity contribution in [3.8, 4) is 0 Å². The number of rotatable bonds is 5. The molecule has 0 aromatic heterocycles. The van der Waals surface area contributed by atoms with Gasteiger partial charge in [0.1, 0.15) is 0 Å². The predicted molar refractivity (Wildman–Crippen MR) is 104 cm³/mol. The molecule has 2 aromatic rings. The summed E-state index contributed by atoms with van der Waals surface area (Å²) in [5, 5.41) is 9.30. The van der Waals surface area contributed by atoms with Crippen molar-refractivity contribution in [2.24, 2.45) is 5.10 Å². The zero-order valence-electron chi connectivity index (χ0n) is 13.9. The molecule has 2 aromatic carbocycles. The number of hydrogen-bond donors (Lipinski definition) is 1. The highest BCUT2D eigenvalue weighted by Crippen LogP contribution is 2.25. The van der Waals surface area contributed by atoms with Gasteiger partial charge in [-0.15, -0.1) is 0 Å². The van der Waals surface area contributed by atoms with E-state index in [1.165, 1.54) is 5.01 Å². The molecule has 0 spiro atoms. The van der Waals surface area contributed by atoms with Crippen LogP contribution in [-0.4, -0.2) is 29.1 Å². The molecule has 0 aliphatic carbocycles. The van der Waals surface area contributed by atoms with Gasteiger partial charge in [0.25, 0.3) is 0 Å². The van der Waals surface area contributed by atoms with E-state index < -0.39 is 0 Å². The first-order valence-electron chi connectivity index (χ1n) is 8.21. The molecule has 2 amide bonds. The zero-order chi connectivity index (χ0) is 18.5. The summed E-state index contributed by atoms with van der Waals surface area (Å²) in [5.41, 5.74) is 2.45. The van der Waals surface area contributed by atoms with Crippen molar-refractivity contribution in [1.29, 1.82) is 0 Å². The van der Waals surface area contributed by atoms with Gasteiger partial charge in [0.05, 0.1) is 22.3 Å². The third kappa shape index (κ3) is 4.62. The highest BCUT2D eigenvalue weighted by atomic mass is 35.5. The Kier molecular flexibility index (Phi) is 5.91. The molecule has 0 radical (unpaired) electrons. The molecule has 1 aliphatic rings. The van der Waals surface area contributed by atoms with Gasteiger partial charge in [-0.2, -0.15) is 5.10 Å². The summed E-state index contributed by atoms with van der Waals surface area (Å²) in [5.74, 6) is -0.427. The van der Waals surface area contributed by atoms with Crippen molar-refractivity contribution in [2.75, 3.05) is 11.9 Å². The van der Waals surface area contributed by atoms with Crippen LogP contribution in [0.25, 0.3) is 0 Å². The van der Waals surface area contributed by atoms with Gasteiger partial charge in [-0.05, 0) is 23.8 Å². The lowest BCUT2D eigenvalue weighted by atomic mass is 10.1. The number of anilines is 1. The Morgan fingerprint density at radius 1 is 1.04 bits per heavy atom. The Labute approximate surface area is 161 Å². The molecule has 0 saturated heterocycles. The number of hydrogen-bond acceptors (Lipinski definition) is 3. The Bertz CT molecular complexity index is 853. The van der Waals surface area contributed by atoms with Gasteiger partial charge in [-0.25, -0.2) is 5.01 Å². The quantitative estimate of drug-likeness (QED) is 0.825. The molecule has 0 atom stereocenters. The molecule has 3 rings (SSSR count). The largest absolute Gasteiger partial charge is 0.326 e. The molecule has 7 heteroatoms. The molecule has 1 N–H and O–H groups in total. The zero-order valence-corrected chi connectivity index (χ0v) is 15.4. The molecular formula is C19H17Cl2N3O2. The lowest BCUT2D eigenvalue weighted by Crippen LogP contribution is -2.24. The second-order valence-corrected chi connectivity index (χ2v) is 6.67.